The Morgan fingerprint density at radius 3 is 2.57 bits per heavy atom. The van der Waals surface area contributed by atoms with Crippen LogP contribution in [-0.4, -0.2) is 23.5 Å². The molecule has 1 aromatic rings. The lowest BCUT2D eigenvalue weighted by Gasteiger charge is -2.28. The first kappa shape index (κ1) is 15.5. The molecule has 2 N–H and O–H groups in total. The molecule has 0 radical (unpaired) electrons. The van der Waals surface area contributed by atoms with Crippen LogP contribution >= 0.6 is 0 Å². The predicted molar refractivity (Wildman–Crippen MR) is 81.3 cm³/mol. The molecule has 0 spiro atoms. The van der Waals surface area contributed by atoms with Gasteiger partial charge in [0.05, 0.1) is 5.92 Å². The minimum Gasteiger partial charge on any atom is -0.481 e. The number of amides is 1. The molecule has 0 bridgehead atoms. The van der Waals surface area contributed by atoms with E-state index in [1.165, 1.54) is 0 Å². The van der Waals surface area contributed by atoms with Gasteiger partial charge in [0.1, 0.15) is 0 Å². The molecule has 0 aliphatic heterocycles. The van der Waals surface area contributed by atoms with Crippen LogP contribution in [0.5, 0.6) is 0 Å². The summed E-state index contributed by atoms with van der Waals surface area (Å²) in [4.78, 5) is 23.4. The summed E-state index contributed by atoms with van der Waals surface area (Å²) in [5, 5.41) is 12.1. The van der Waals surface area contributed by atoms with Gasteiger partial charge < -0.3 is 10.4 Å². The van der Waals surface area contributed by atoms with Gasteiger partial charge in [0.25, 0.3) is 5.91 Å². The van der Waals surface area contributed by atoms with Crippen LogP contribution in [0.4, 0.5) is 0 Å². The molecule has 1 aliphatic carbocycles. The Morgan fingerprint density at radius 2 is 1.90 bits per heavy atom. The third-order valence-electron chi connectivity index (χ3n) is 4.52. The van der Waals surface area contributed by atoms with E-state index < -0.39 is 5.97 Å². The minimum absolute atomic E-state index is 0.0479. The first-order valence-corrected chi connectivity index (χ1v) is 7.57. The van der Waals surface area contributed by atoms with Crippen molar-refractivity contribution in [2.24, 2.45) is 11.8 Å². The highest BCUT2D eigenvalue weighted by atomic mass is 16.4. The molecule has 21 heavy (non-hydrogen) atoms. The zero-order valence-corrected chi connectivity index (χ0v) is 12.7. The standard InChI is InChI=1S/C17H23NO3/c1-11-7-8-13(9-12(11)2)16(19)18-10-14-5-3-4-6-15(14)17(20)21/h7-9,14-15H,3-6,10H2,1-2H3,(H,18,19)(H,20,21)/t14-,15-/m0/s1. The smallest absolute Gasteiger partial charge is 0.306 e. The van der Waals surface area contributed by atoms with Crippen molar-refractivity contribution in [2.75, 3.05) is 6.54 Å². The molecule has 2 atom stereocenters. The minimum atomic E-state index is -0.736. The van der Waals surface area contributed by atoms with Crippen molar-refractivity contribution in [3.8, 4) is 0 Å². The van der Waals surface area contributed by atoms with Gasteiger partial charge in [0.15, 0.2) is 0 Å². The number of nitrogens with one attached hydrogen (secondary N) is 1. The summed E-state index contributed by atoms with van der Waals surface area (Å²) >= 11 is 0. The highest BCUT2D eigenvalue weighted by Gasteiger charge is 2.30. The van der Waals surface area contributed by atoms with Gasteiger partial charge in [-0.05, 0) is 55.9 Å². The van der Waals surface area contributed by atoms with Crippen molar-refractivity contribution in [1.29, 1.82) is 0 Å². The Morgan fingerprint density at radius 1 is 1.19 bits per heavy atom. The largest absolute Gasteiger partial charge is 0.481 e. The highest BCUT2D eigenvalue weighted by Crippen LogP contribution is 2.29. The SMILES string of the molecule is Cc1ccc(C(=O)NC[C@@H]2CCCC[C@@H]2C(=O)O)cc1C. The van der Waals surface area contributed by atoms with E-state index >= 15 is 0 Å². The first-order chi connectivity index (χ1) is 9.99. The number of carbonyl (C=O) groups excluding carboxylic acids is 1. The molecular weight excluding hydrogens is 266 g/mol. The van der Waals surface area contributed by atoms with Gasteiger partial charge in [0.2, 0.25) is 0 Å². The molecule has 0 heterocycles. The highest BCUT2D eigenvalue weighted by molar-refractivity contribution is 5.94. The van der Waals surface area contributed by atoms with Crippen LogP contribution in [0.2, 0.25) is 0 Å². The van der Waals surface area contributed by atoms with E-state index in [0.717, 1.165) is 36.8 Å². The molecule has 1 aliphatic rings. The van der Waals surface area contributed by atoms with Crippen molar-refractivity contribution in [2.45, 2.75) is 39.5 Å². The molecule has 0 saturated heterocycles. The number of hydrogen-bond acceptors (Lipinski definition) is 2. The summed E-state index contributed by atoms with van der Waals surface area (Å²) in [6, 6.07) is 5.62. The van der Waals surface area contributed by atoms with Gasteiger partial charge in [0, 0.05) is 12.1 Å². The van der Waals surface area contributed by atoms with Crippen LogP contribution in [0, 0.1) is 25.7 Å². The average molecular weight is 289 g/mol. The van der Waals surface area contributed by atoms with Crippen LogP contribution < -0.4 is 5.32 Å². The van der Waals surface area contributed by atoms with Crippen LogP contribution in [0.15, 0.2) is 18.2 Å². The second-order valence-electron chi connectivity index (χ2n) is 6.00. The Kier molecular flexibility index (Phi) is 4.99. The summed E-state index contributed by atoms with van der Waals surface area (Å²) in [5.74, 6) is -1.13. The average Bonchev–Trinajstić information content (AvgIpc) is 2.47. The topological polar surface area (TPSA) is 66.4 Å². The second-order valence-corrected chi connectivity index (χ2v) is 6.00. The molecule has 114 valence electrons. The van der Waals surface area contributed by atoms with Crippen molar-refractivity contribution in [1.82, 2.24) is 5.32 Å². The lowest BCUT2D eigenvalue weighted by Crippen LogP contribution is -2.37. The first-order valence-electron chi connectivity index (χ1n) is 7.57. The molecule has 1 fully saturated rings. The van der Waals surface area contributed by atoms with E-state index in [0.29, 0.717) is 12.1 Å². The number of benzene rings is 1. The number of hydrogen-bond donors (Lipinski definition) is 2. The van der Waals surface area contributed by atoms with E-state index in [1.54, 1.807) is 0 Å². The zero-order valence-electron chi connectivity index (χ0n) is 12.7. The fourth-order valence-electron chi connectivity index (χ4n) is 2.99. The van der Waals surface area contributed by atoms with E-state index in [1.807, 2.05) is 32.0 Å². The molecule has 1 amide bonds. The summed E-state index contributed by atoms with van der Waals surface area (Å²) in [6.45, 7) is 4.44. The summed E-state index contributed by atoms with van der Waals surface area (Å²) in [7, 11) is 0. The van der Waals surface area contributed by atoms with E-state index in [-0.39, 0.29) is 17.7 Å². The molecule has 4 heteroatoms. The number of aliphatic carboxylic acids is 1. The maximum Gasteiger partial charge on any atom is 0.306 e. The zero-order chi connectivity index (χ0) is 15.4. The third-order valence-corrected chi connectivity index (χ3v) is 4.52. The van der Waals surface area contributed by atoms with Gasteiger partial charge in [-0.2, -0.15) is 0 Å². The molecule has 2 rings (SSSR count). The fourth-order valence-corrected chi connectivity index (χ4v) is 2.99. The number of carboxylic acids is 1. The van der Waals surface area contributed by atoms with Crippen LogP contribution in [-0.2, 0) is 4.79 Å². The quantitative estimate of drug-likeness (QED) is 0.895. The monoisotopic (exact) mass is 289 g/mol. The normalized spacial score (nSPS) is 21.8. The third kappa shape index (κ3) is 3.84. The van der Waals surface area contributed by atoms with Crippen LogP contribution in [0.25, 0.3) is 0 Å². The summed E-state index contributed by atoms with van der Waals surface area (Å²) in [5.41, 5.74) is 2.88. The summed E-state index contributed by atoms with van der Waals surface area (Å²) in [6.07, 6.45) is 3.62. The maximum absolute atomic E-state index is 12.2. The van der Waals surface area contributed by atoms with Crippen molar-refractivity contribution in [3.05, 3.63) is 34.9 Å². The van der Waals surface area contributed by atoms with Gasteiger partial charge >= 0.3 is 5.97 Å². The van der Waals surface area contributed by atoms with Gasteiger partial charge in [-0.1, -0.05) is 18.9 Å². The Hall–Kier alpha value is -1.84. The lowest BCUT2D eigenvalue weighted by atomic mass is 9.79. The van der Waals surface area contributed by atoms with E-state index in [9.17, 15) is 14.7 Å². The number of rotatable bonds is 4. The predicted octanol–water partition coefficient (Wildman–Crippen LogP) is 2.92. The Labute approximate surface area is 125 Å². The number of carboxylic acid groups (broad SMARTS) is 1. The van der Waals surface area contributed by atoms with Gasteiger partial charge in [-0.3, -0.25) is 9.59 Å². The van der Waals surface area contributed by atoms with Gasteiger partial charge in [-0.25, -0.2) is 0 Å². The van der Waals surface area contributed by atoms with E-state index in [4.69, 9.17) is 0 Å². The van der Waals surface area contributed by atoms with Crippen molar-refractivity contribution in [3.63, 3.8) is 0 Å². The lowest BCUT2D eigenvalue weighted by molar-refractivity contribution is -0.144. The molecule has 1 saturated carbocycles. The number of aryl methyl sites for hydroxylation is 2. The van der Waals surface area contributed by atoms with Crippen molar-refractivity contribution < 1.29 is 14.7 Å². The molecule has 1 aromatic carbocycles. The summed E-state index contributed by atoms with van der Waals surface area (Å²) < 4.78 is 0. The molecule has 4 nitrogen and oxygen atoms in total. The Bertz CT molecular complexity index is 539. The Balaban J connectivity index is 1.96. The fraction of sp³-hybridized carbons (Fsp3) is 0.529. The molecular formula is C17H23NO3. The number of carbonyl (C=O) groups is 2. The van der Waals surface area contributed by atoms with Crippen molar-refractivity contribution >= 4 is 11.9 Å². The van der Waals surface area contributed by atoms with Gasteiger partial charge in [-0.15, -0.1) is 0 Å². The van der Waals surface area contributed by atoms with E-state index in [2.05, 4.69) is 5.32 Å². The van der Waals surface area contributed by atoms with Crippen LogP contribution in [0.1, 0.15) is 47.2 Å². The molecule has 0 unspecified atom stereocenters. The maximum atomic E-state index is 12.2. The van der Waals surface area contributed by atoms with Crippen LogP contribution in [0.3, 0.4) is 0 Å². The second kappa shape index (κ2) is 6.74. The molecule has 0 aromatic heterocycles.